The molecule has 0 heterocycles. The molecule has 1 aliphatic carbocycles. The minimum Gasteiger partial charge on any atom is -0.271 e. The summed E-state index contributed by atoms with van der Waals surface area (Å²) in [5.41, 5.74) is 4.33. The summed E-state index contributed by atoms with van der Waals surface area (Å²) in [6, 6.07) is 5.90. The van der Waals surface area contributed by atoms with Gasteiger partial charge in [0.1, 0.15) is 0 Å². The topological polar surface area (TPSA) is 38.0 Å². The van der Waals surface area contributed by atoms with E-state index in [0.29, 0.717) is 10.4 Å². The van der Waals surface area contributed by atoms with E-state index in [-0.39, 0.29) is 6.04 Å². The largest absolute Gasteiger partial charge is 0.271 e. The molecule has 0 aromatic heterocycles. The van der Waals surface area contributed by atoms with Gasteiger partial charge in [-0.05, 0) is 42.4 Å². The van der Waals surface area contributed by atoms with Crippen LogP contribution in [0, 0.1) is 5.41 Å². The van der Waals surface area contributed by atoms with Crippen LogP contribution in [0.1, 0.15) is 25.3 Å². The Kier molecular flexibility index (Phi) is 3.45. The summed E-state index contributed by atoms with van der Waals surface area (Å²) in [5, 5.41) is 1.39. The van der Waals surface area contributed by atoms with Crippen molar-refractivity contribution >= 4 is 23.2 Å². The molecule has 1 aromatic carbocycles. The lowest BCUT2D eigenvalue weighted by Gasteiger charge is -2.23. The third kappa shape index (κ3) is 2.51. The number of hydrogen-bond donors (Lipinski definition) is 2. The molecule has 0 bridgehead atoms. The van der Waals surface area contributed by atoms with Crippen molar-refractivity contribution in [1.82, 2.24) is 5.43 Å². The Balaban J connectivity index is 2.13. The van der Waals surface area contributed by atoms with Gasteiger partial charge in [0.05, 0.1) is 0 Å². The fraction of sp³-hybridized carbons (Fsp3) is 0.500. The molecule has 1 aromatic rings. The molecule has 2 nitrogen and oxygen atoms in total. The van der Waals surface area contributed by atoms with E-state index in [1.807, 2.05) is 12.1 Å². The van der Waals surface area contributed by atoms with Crippen molar-refractivity contribution in [3.63, 3.8) is 0 Å². The van der Waals surface area contributed by atoms with E-state index in [9.17, 15) is 0 Å². The van der Waals surface area contributed by atoms with Crippen LogP contribution >= 0.6 is 23.2 Å². The van der Waals surface area contributed by atoms with Gasteiger partial charge in [-0.25, -0.2) is 0 Å². The van der Waals surface area contributed by atoms with Crippen LogP contribution in [0.15, 0.2) is 18.2 Å². The fourth-order valence-corrected chi connectivity index (χ4v) is 2.44. The number of hydrogen-bond acceptors (Lipinski definition) is 2. The first-order chi connectivity index (χ1) is 7.55. The third-order valence-corrected chi connectivity index (χ3v) is 4.11. The summed E-state index contributed by atoms with van der Waals surface area (Å²) in [5.74, 6) is 5.61. The van der Waals surface area contributed by atoms with Gasteiger partial charge in [-0.15, -0.1) is 0 Å². The standard InChI is InChI=1S/C12H16Cl2N2/c1-12(4-5-12)11(16-15)6-8-2-3-9(13)7-10(8)14/h2-3,7,11,16H,4-6,15H2,1H3. The number of hydrazine groups is 1. The Morgan fingerprint density at radius 3 is 2.62 bits per heavy atom. The zero-order chi connectivity index (χ0) is 11.8. The molecule has 0 saturated heterocycles. The zero-order valence-electron chi connectivity index (χ0n) is 9.26. The minimum atomic E-state index is 0.283. The highest BCUT2D eigenvalue weighted by atomic mass is 35.5. The van der Waals surface area contributed by atoms with Crippen molar-refractivity contribution in [2.24, 2.45) is 11.3 Å². The lowest BCUT2D eigenvalue weighted by molar-refractivity contribution is 0.359. The highest BCUT2D eigenvalue weighted by molar-refractivity contribution is 6.35. The van der Waals surface area contributed by atoms with Gasteiger partial charge in [0, 0.05) is 16.1 Å². The van der Waals surface area contributed by atoms with Crippen molar-refractivity contribution in [2.75, 3.05) is 0 Å². The highest BCUT2D eigenvalue weighted by Crippen LogP contribution is 2.49. The van der Waals surface area contributed by atoms with Gasteiger partial charge >= 0.3 is 0 Å². The highest BCUT2D eigenvalue weighted by Gasteiger charge is 2.44. The van der Waals surface area contributed by atoms with Gasteiger partial charge < -0.3 is 0 Å². The van der Waals surface area contributed by atoms with Crippen LogP contribution in [0.2, 0.25) is 10.0 Å². The van der Waals surface area contributed by atoms with Gasteiger partial charge in [0.15, 0.2) is 0 Å². The predicted octanol–water partition coefficient (Wildman–Crippen LogP) is 3.17. The van der Waals surface area contributed by atoms with Crippen molar-refractivity contribution in [2.45, 2.75) is 32.2 Å². The van der Waals surface area contributed by atoms with Crippen molar-refractivity contribution in [1.29, 1.82) is 0 Å². The van der Waals surface area contributed by atoms with E-state index in [1.165, 1.54) is 12.8 Å². The number of rotatable bonds is 4. The quantitative estimate of drug-likeness (QED) is 0.643. The molecule has 2 rings (SSSR count). The fourth-order valence-electron chi connectivity index (χ4n) is 1.96. The van der Waals surface area contributed by atoms with Gasteiger partial charge in [-0.3, -0.25) is 11.3 Å². The second-order valence-electron chi connectivity index (χ2n) is 4.81. The van der Waals surface area contributed by atoms with Gasteiger partial charge in [-0.1, -0.05) is 36.2 Å². The van der Waals surface area contributed by atoms with Crippen LogP contribution in [0.3, 0.4) is 0 Å². The number of nitrogens with one attached hydrogen (secondary N) is 1. The Bertz CT molecular complexity index is 389. The summed E-state index contributed by atoms with van der Waals surface area (Å²) < 4.78 is 0. The molecule has 1 saturated carbocycles. The first kappa shape index (κ1) is 12.2. The number of halogens is 2. The molecule has 0 radical (unpaired) electrons. The van der Waals surface area contributed by atoms with E-state index in [1.54, 1.807) is 6.07 Å². The third-order valence-electron chi connectivity index (χ3n) is 3.52. The average molecular weight is 259 g/mol. The SMILES string of the molecule is CC1(C(Cc2ccc(Cl)cc2Cl)NN)CC1. The lowest BCUT2D eigenvalue weighted by Crippen LogP contribution is -2.42. The van der Waals surface area contributed by atoms with Crippen LogP contribution in [0.25, 0.3) is 0 Å². The Labute approximate surface area is 106 Å². The maximum atomic E-state index is 6.15. The maximum absolute atomic E-state index is 6.15. The normalized spacial score (nSPS) is 19.5. The first-order valence-electron chi connectivity index (χ1n) is 5.45. The predicted molar refractivity (Wildman–Crippen MR) is 68.6 cm³/mol. The molecule has 1 aliphatic rings. The number of benzene rings is 1. The molecule has 1 unspecified atom stereocenters. The minimum absolute atomic E-state index is 0.283. The molecular weight excluding hydrogens is 243 g/mol. The van der Waals surface area contributed by atoms with E-state index in [0.717, 1.165) is 17.0 Å². The summed E-state index contributed by atoms with van der Waals surface area (Å²) in [4.78, 5) is 0. The number of nitrogens with two attached hydrogens (primary N) is 1. The molecule has 4 heteroatoms. The maximum Gasteiger partial charge on any atom is 0.0453 e. The molecule has 0 spiro atoms. The van der Waals surface area contributed by atoms with E-state index in [2.05, 4.69) is 12.3 Å². The molecule has 0 aliphatic heterocycles. The Hall–Kier alpha value is -0.280. The van der Waals surface area contributed by atoms with Gasteiger partial charge in [0.25, 0.3) is 0 Å². The van der Waals surface area contributed by atoms with Crippen molar-refractivity contribution in [3.05, 3.63) is 33.8 Å². The smallest absolute Gasteiger partial charge is 0.0453 e. The lowest BCUT2D eigenvalue weighted by atomic mass is 9.93. The van der Waals surface area contributed by atoms with E-state index < -0.39 is 0 Å². The second-order valence-corrected chi connectivity index (χ2v) is 5.66. The summed E-state index contributed by atoms with van der Waals surface area (Å²) in [7, 11) is 0. The van der Waals surface area contributed by atoms with Crippen LogP contribution in [-0.2, 0) is 6.42 Å². The van der Waals surface area contributed by atoms with Gasteiger partial charge in [-0.2, -0.15) is 0 Å². The molecular formula is C12H16Cl2N2. The Morgan fingerprint density at radius 2 is 2.12 bits per heavy atom. The Morgan fingerprint density at radius 1 is 1.44 bits per heavy atom. The van der Waals surface area contributed by atoms with Crippen LogP contribution in [0.4, 0.5) is 0 Å². The molecule has 1 fully saturated rings. The van der Waals surface area contributed by atoms with E-state index >= 15 is 0 Å². The molecule has 88 valence electrons. The van der Waals surface area contributed by atoms with Crippen molar-refractivity contribution < 1.29 is 0 Å². The molecule has 3 N–H and O–H groups in total. The van der Waals surface area contributed by atoms with Crippen LogP contribution < -0.4 is 11.3 Å². The second kappa shape index (κ2) is 4.53. The summed E-state index contributed by atoms with van der Waals surface area (Å²) in [6.07, 6.45) is 3.31. The monoisotopic (exact) mass is 258 g/mol. The van der Waals surface area contributed by atoms with Crippen molar-refractivity contribution in [3.8, 4) is 0 Å². The van der Waals surface area contributed by atoms with E-state index in [4.69, 9.17) is 29.0 Å². The molecule has 0 amide bonds. The first-order valence-corrected chi connectivity index (χ1v) is 6.21. The summed E-state index contributed by atoms with van der Waals surface area (Å²) >= 11 is 12.0. The van der Waals surface area contributed by atoms with Crippen LogP contribution in [-0.4, -0.2) is 6.04 Å². The molecule has 16 heavy (non-hydrogen) atoms. The van der Waals surface area contributed by atoms with Crippen LogP contribution in [0.5, 0.6) is 0 Å². The molecule has 1 atom stereocenters. The zero-order valence-corrected chi connectivity index (χ0v) is 10.8. The summed E-state index contributed by atoms with van der Waals surface area (Å²) in [6.45, 7) is 2.25. The van der Waals surface area contributed by atoms with Gasteiger partial charge in [0.2, 0.25) is 0 Å². The average Bonchev–Trinajstić information content (AvgIpc) is 2.96.